The fraction of sp³-hybridized carbons (Fsp3) is 0.278. The molecule has 1 saturated heterocycles. The topological polar surface area (TPSA) is 35.6 Å². The van der Waals surface area contributed by atoms with Crippen LogP contribution in [0.1, 0.15) is 5.56 Å². The van der Waals surface area contributed by atoms with Crippen molar-refractivity contribution in [1.29, 1.82) is 0 Å². The number of benzene rings is 2. The maximum Gasteiger partial charge on any atom is 0.321 e. The molecule has 3 rings (SSSR count). The molecule has 0 saturated carbocycles. The summed E-state index contributed by atoms with van der Waals surface area (Å²) in [5.41, 5.74) is 2.84. The monoisotopic (exact) mass is 391 g/mol. The Hall–Kier alpha value is -2.08. The number of nitrogens with one attached hydrogen (secondary N) is 1. The van der Waals surface area contributed by atoms with Gasteiger partial charge in [-0.05, 0) is 48.9 Å². The molecule has 2 amide bonds. The number of halogens is 2. The van der Waals surface area contributed by atoms with Gasteiger partial charge in [-0.1, -0.05) is 22.0 Å². The average Bonchev–Trinajstić information content (AvgIpc) is 2.57. The Morgan fingerprint density at radius 3 is 2.54 bits per heavy atom. The van der Waals surface area contributed by atoms with E-state index in [2.05, 4.69) is 45.2 Å². The van der Waals surface area contributed by atoms with Crippen molar-refractivity contribution in [2.45, 2.75) is 6.92 Å². The summed E-state index contributed by atoms with van der Waals surface area (Å²) < 4.78 is 14.3. The van der Waals surface area contributed by atoms with Gasteiger partial charge < -0.3 is 15.1 Å². The van der Waals surface area contributed by atoms with Gasteiger partial charge in [-0.2, -0.15) is 0 Å². The number of hydrogen-bond donors (Lipinski definition) is 1. The molecule has 24 heavy (non-hydrogen) atoms. The lowest BCUT2D eigenvalue weighted by Gasteiger charge is -2.36. The van der Waals surface area contributed by atoms with E-state index in [9.17, 15) is 9.18 Å². The predicted molar refractivity (Wildman–Crippen MR) is 98.1 cm³/mol. The third-order valence-electron chi connectivity index (χ3n) is 4.15. The Kier molecular flexibility index (Phi) is 5.04. The van der Waals surface area contributed by atoms with Gasteiger partial charge in [-0.25, -0.2) is 9.18 Å². The molecule has 6 heteroatoms. The number of nitrogens with zero attached hydrogens (tertiary/aromatic N) is 2. The fourth-order valence-corrected chi connectivity index (χ4v) is 3.01. The number of hydrogen-bond acceptors (Lipinski definition) is 2. The summed E-state index contributed by atoms with van der Waals surface area (Å²) in [4.78, 5) is 16.3. The van der Waals surface area contributed by atoms with Gasteiger partial charge in [0.25, 0.3) is 0 Å². The first-order chi connectivity index (χ1) is 11.5. The number of urea groups is 1. The molecule has 0 aromatic heterocycles. The third kappa shape index (κ3) is 3.87. The normalized spacial score (nSPS) is 14.6. The molecular weight excluding hydrogens is 373 g/mol. The molecule has 0 spiro atoms. The summed E-state index contributed by atoms with van der Waals surface area (Å²) in [7, 11) is 0. The second-order valence-electron chi connectivity index (χ2n) is 5.85. The van der Waals surface area contributed by atoms with Crippen molar-refractivity contribution >= 4 is 33.3 Å². The van der Waals surface area contributed by atoms with E-state index in [1.54, 1.807) is 17.0 Å². The van der Waals surface area contributed by atoms with Crippen molar-refractivity contribution in [2.75, 3.05) is 36.4 Å². The second-order valence-corrected chi connectivity index (χ2v) is 6.70. The molecule has 126 valence electrons. The smallest absolute Gasteiger partial charge is 0.321 e. The van der Waals surface area contributed by atoms with Crippen LogP contribution in [0.25, 0.3) is 0 Å². The standard InChI is InChI=1S/C18H19BrFN3O/c1-13-11-16(5-6-17(13)19)22-7-9-23(10-8-22)18(24)21-15-4-2-3-14(20)12-15/h2-6,11-12H,7-10H2,1H3,(H,21,24). The van der Waals surface area contributed by atoms with Gasteiger partial charge in [0.15, 0.2) is 0 Å². The summed E-state index contributed by atoms with van der Waals surface area (Å²) in [6.07, 6.45) is 0. The molecule has 0 bridgehead atoms. The maximum atomic E-state index is 13.2. The first-order valence-electron chi connectivity index (χ1n) is 7.85. The van der Waals surface area contributed by atoms with Gasteiger partial charge in [0, 0.05) is 42.0 Å². The number of aryl methyl sites for hydroxylation is 1. The highest BCUT2D eigenvalue weighted by atomic mass is 79.9. The van der Waals surface area contributed by atoms with E-state index in [1.165, 1.54) is 23.4 Å². The molecule has 2 aromatic carbocycles. The van der Waals surface area contributed by atoms with Gasteiger partial charge in [0.05, 0.1) is 0 Å². The molecule has 1 aliphatic rings. The Morgan fingerprint density at radius 1 is 1.12 bits per heavy atom. The number of piperazine rings is 1. The summed E-state index contributed by atoms with van der Waals surface area (Å²) in [6.45, 7) is 4.89. The van der Waals surface area contributed by atoms with E-state index in [1.807, 2.05) is 6.07 Å². The lowest BCUT2D eigenvalue weighted by Crippen LogP contribution is -2.50. The predicted octanol–water partition coefficient (Wildman–Crippen LogP) is 4.25. The highest BCUT2D eigenvalue weighted by Gasteiger charge is 2.21. The van der Waals surface area contributed by atoms with Crippen LogP contribution in [-0.2, 0) is 0 Å². The summed E-state index contributed by atoms with van der Waals surface area (Å²) >= 11 is 3.51. The van der Waals surface area contributed by atoms with Gasteiger partial charge in [0.2, 0.25) is 0 Å². The third-order valence-corrected chi connectivity index (χ3v) is 5.04. The Labute approximate surface area is 149 Å². The van der Waals surface area contributed by atoms with Crippen LogP contribution in [0.2, 0.25) is 0 Å². The largest absolute Gasteiger partial charge is 0.368 e. The maximum absolute atomic E-state index is 13.2. The first kappa shape index (κ1) is 16.8. The zero-order valence-electron chi connectivity index (χ0n) is 13.4. The highest BCUT2D eigenvalue weighted by molar-refractivity contribution is 9.10. The molecule has 1 heterocycles. The van der Waals surface area contributed by atoms with Crippen molar-refractivity contribution in [3.63, 3.8) is 0 Å². The SMILES string of the molecule is Cc1cc(N2CCN(C(=O)Nc3cccc(F)c3)CC2)ccc1Br. The molecule has 1 aliphatic heterocycles. The molecule has 1 N–H and O–H groups in total. The first-order valence-corrected chi connectivity index (χ1v) is 8.65. The van der Waals surface area contributed by atoms with E-state index < -0.39 is 0 Å². The van der Waals surface area contributed by atoms with Gasteiger partial charge in [0.1, 0.15) is 5.82 Å². The molecule has 0 atom stereocenters. The van der Waals surface area contributed by atoms with Crippen LogP contribution in [-0.4, -0.2) is 37.1 Å². The molecule has 0 aliphatic carbocycles. The number of rotatable bonds is 2. The number of anilines is 2. The van der Waals surface area contributed by atoms with Gasteiger partial charge in [-0.3, -0.25) is 0 Å². The van der Waals surface area contributed by atoms with Crippen LogP contribution in [0, 0.1) is 12.7 Å². The molecule has 0 unspecified atom stereocenters. The van der Waals surface area contributed by atoms with Crippen molar-refractivity contribution in [1.82, 2.24) is 4.90 Å². The van der Waals surface area contributed by atoms with E-state index in [0.29, 0.717) is 18.8 Å². The summed E-state index contributed by atoms with van der Waals surface area (Å²) in [5, 5.41) is 2.75. The van der Waals surface area contributed by atoms with Crippen LogP contribution in [0.3, 0.4) is 0 Å². The minimum atomic E-state index is -0.358. The fourth-order valence-electron chi connectivity index (χ4n) is 2.76. The van der Waals surface area contributed by atoms with Crippen molar-refractivity contribution in [2.24, 2.45) is 0 Å². The van der Waals surface area contributed by atoms with Gasteiger partial charge in [-0.15, -0.1) is 0 Å². The van der Waals surface area contributed by atoms with Crippen molar-refractivity contribution in [3.05, 3.63) is 58.3 Å². The molecule has 1 fully saturated rings. The molecule has 2 aromatic rings. The summed E-state index contributed by atoms with van der Waals surface area (Å²) in [6, 6.07) is 12.0. The van der Waals surface area contributed by atoms with E-state index in [0.717, 1.165) is 17.6 Å². The van der Waals surface area contributed by atoms with Crippen LogP contribution in [0.5, 0.6) is 0 Å². The zero-order valence-corrected chi connectivity index (χ0v) is 15.0. The lowest BCUT2D eigenvalue weighted by atomic mass is 10.2. The number of amides is 2. The van der Waals surface area contributed by atoms with Crippen LogP contribution in [0.15, 0.2) is 46.9 Å². The average molecular weight is 392 g/mol. The van der Waals surface area contributed by atoms with Crippen LogP contribution < -0.4 is 10.2 Å². The molecular formula is C18H19BrFN3O. The lowest BCUT2D eigenvalue weighted by molar-refractivity contribution is 0.208. The van der Waals surface area contributed by atoms with Crippen LogP contribution in [0.4, 0.5) is 20.6 Å². The van der Waals surface area contributed by atoms with Crippen LogP contribution >= 0.6 is 15.9 Å². The Balaban J connectivity index is 1.58. The van der Waals surface area contributed by atoms with Crippen molar-refractivity contribution < 1.29 is 9.18 Å². The van der Waals surface area contributed by atoms with Crippen molar-refractivity contribution in [3.8, 4) is 0 Å². The second kappa shape index (κ2) is 7.21. The Morgan fingerprint density at radius 2 is 1.88 bits per heavy atom. The van der Waals surface area contributed by atoms with E-state index >= 15 is 0 Å². The summed E-state index contributed by atoms with van der Waals surface area (Å²) in [5.74, 6) is -0.358. The minimum absolute atomic E-state index is 0.188. The van der Waals surface area contributed by atoms with E-state index in [4.69, 9.17) is 0 Å². The highest BCUT2D eigenvalue weighted by Crippen LogP contribution is 2.24. The molecule has 4 nitrogen and oxygen atoms in total. The quantitative estimate of drug-likeness (QED) is 0.830. The van der Waals surface area contributed by atoms with Gasteiger partial charge >= 0.3 is 6.03 Å². The number of carbonyl (C=O) groups is 1. The number of carbonyl (C=O) groups excluding carboxylic acids is 1. The molecule has 0 radical (unpaired) electrons. The Bertz CT molecular complexity index is 745. The zero-order chi connectivity index (χ0) is 17.1. The minimum Gasteiger partial charge on any atom is -0.368 e. The van der Waals surface area contributed by atoms with E-state index in [-0.39, 0.29) is 11.8 Å².